The van der Waals surface area contributed by atoms with Crippen LogP contribution in [0.5, 0.6) is 0 Å². The SMILES string of the molecule is CCc1nc(N)c(C)c(Nc2cc(Cl)ccc2C)n1. The molecule has 0 spiro atoms. The van der Waals surface area contributed by atoms with Gasteiger partial charge in [-0.1, -0.05) is 24.6 Å². The van der Waals surface area contributed by atoms with Gasteiger partial charge >= 0.3 is 0 Å². The lowest BCUT2D eigenvalue weighted by atomic mass is 10.2. The highest BCUT2D eigenvalue weighted by atomic mass is 35.5. The minimum atomic E-state index is 0.508. The van der Waals surface area contributed by atoms with Gasteiger partial charge in [-0.25, -0.2) is 9.97 Å². The van der Waals surface area contributed by atoms with Crippen molar-refractivity contribution in [3.05, 3.63) is 40.2 Å². The van der Waals surface area contributed by atoms with Gasteiger partial charge < -0.3 is 11.1 Å². The summed E-state index contributed by atoms with van der Waals surface area (Å²) in [6.07, 6.45) is 0.744. The zero-order chi connectivity index (χ0) is 14.0. The fourth-order valence-corrected chi connectivity index (χ4v) is 1.89. The molecular formula is C14H17ClN4. The number of benzene rings is 1. The van der Waals surface area contributed by atoms with Crippen LogP contribution in [0.3, 0.4) is 0 Å². The highest BCUT2D eigenvalue weighted by molar-refractivity contribution is 6.30. The Hall–Kier alpha value is -1.81. The molecule has 0 saturated carbocycles. The molecular weight excluding hydrogens is 260 g/mol. The molecule has 0 saturated heterocycles. The van der Waals surface area contributed by atoms with E-state index in [1.54, 1.807) is 0 Å². The quantitative estimate of drug-likeness (QED) is 0.898. The minimum Gasteiger partial charge on any atom is -0.383 e. The first kappa shape index (κ1) is 13.6. The Labute approximate surface area is 118 Å². The van der Waals surface area contributed by atoms with E-state index in [4.69, 9.17) is 17.3 Å². The molecule has 0 aliphatic carbocycles. The molecule has 19 heavy (non-hydrogen) atoms. The first-order valence-corrected chi connectivity index (χ1v) is 6.55. The van der Waals surface area contributed by atoms with Gasteiger partial charge in [0.05, 0.1) is 0 Å². The van der Waals surface area contributed by atoms with Crippen LogP contribution in [0.2, 0.25) is 5.02 Å². The van der Waals surface area contributed by atoms with Crippen molar-refractivity contribution in [1.82, 2.24) is 9.97 Å². The van der Waals surface area contributed by atoms with Crippen LogP contribution in [0.4, 0.5) is 17.3 Å². The van der Waals surface area contributed by atoms with E-state index in [9.17, 15) is 0 Å². The van der Waals surface area contributed by atoms with Crippen LogP contribution in [0.15, 0.2) is 18.2 Å². The van der Waals surface area contributed by atoms with E-state index in [0.29, 0.717) is 10.8 Å². The van der Waals surface area contributed by atoms with Gasteiger partial charge in [0.15, 0.2) is 0 Å². The lowest BCUT2D eigenvalue weighted by Gasteiger charge is -2.13. The van der Waals surface area contributed by atoms with Crippen molar-refractivity contribution in [3.63, 3.8) is 0 Å². The van der Waals surface area contributed by atoms with Crippen molar-refractivity contribution in [2.75, 3.05) is 11.1 Å². The fraction of sp³-hybridized carbons (Fsp3) is 0.286. The predicted octanol–water partition coefficient (Wildman–Crippen LogP) is 3.64. The number of halogens is 1. The third-order valence-electron chi connectivity index (χ3n) is 3.00. The molecule has 3 N–H and O–H groups in total. The van der Waals surface area contributed by atoms with Gasteiger partial charge in [0.1, 0.15) is 17.5 Å². The number of nitrogens with two attached hydrogens (primary N) is 1. The molecule has 1 heterocycles. The van der Waals surface area contributed by atoms with E-state index in [1.165, 1.54) is 0 Å². The van der Waals surface area contributed by atoms with E-state index >= 15 is 0 Å². The van der Waals surface area contributed by atoms with Crippen molar-refractivity contribution < 1.29 is 0 Å². The standard InChI is InChI=1S/C14H17ClN4/c1-4-12-18-13(16)9(3)14(19-12)17-11-7-10(15)6-5-8(11)2/h5-7H,4H2,1-3H3,(H3,16,17,18,19). The first-order chi connectivity index (χ1) is 9.01. The molecule has 0 unspecified atom stereocenters. The van der Waals surface area contributed by atoms with E-state index < -0.39 is 0 Å². The van der Waals surface area contributed by atoms with Crippen molar-refractivity contribution in [1.29, 1.82) is 0 Å². The molecule has 0 radical (unpaired) electrons. The molecule has 100 valence electrons. The molecule has 1 aromatic heterocycles. The minimum absolute atomic E-state index is 0.508. The first-order valence-electron chi connectivity index (χ1n) is 6.17. The van der Waals surface area contributed by atoms with Gasteiger partial charge in [-0.05, 0) is 31.5 Å². The molecule has 4 nitrogen and oxygen atoms in total. The van der Waals surface area contributed by atoms with E-state index in [0.717, 1.165) is 34.9 Å². The largest absolute Gasteiger partial charge is 0.383 e. The molecule has 2 rings (SSSR count). The predicted molar refractivity (Wildman–Crippen MR) is 80.0 cm³/mol. The smallest absolute Gasteiger partial charge is 0.139 e. The number of nitrogens with one attached hydrogen (secondary N) is 1. The topological polar surface area (TPSA) is 63.8 Å². The molecule has 1 aromatic carbocycles. The molecule has 5 heteroatoms. The molecule has 0 aliphatic rings. The van der Waals surface area contributed by atoms with Gasteiger partial charge in [-0.3, -0.25) is 0 Å². The van der Waals surface area contributed by atoms with Crippen molar-refractivity contribution in [2.45, 2.75) is 27.2 Å². The maximum absolute atomic E-state index is 6.02. The molecule has 0 aliphatic heterocycles. The van der Waals surface area contributed by atoms with Gasteiger partial charge in [0.2, 0.25) is 0 Å². The monoisotopic (exact) mass is 276 g/mol. The Morgan fingerprint density at radius 3 is 2.68 bits per heavy atom. The Kier molecular flexibility index (Phi) is 3.90. The van der Waals surface area contributed by atoms with Crippen molar-refractivity contribution in [3.8, 4) is 0 Å². The number of nitrogen functional groups attached to an aromatic ring is 1. The summed E-state index contributed by atoms with van der Waals surface area (Å²) in [6, 6.07) is 5.70. The number of nitrogens with zero attached hydrogens (tertiary/aromatic N) is 2. The number of aromatic nitrogens is 2. The highest BCUT2D eigenvalue weighted by Crippen LogP contribution is 2.26. The summed E-state index contributed by atoms with van der Waals surface area (Å²) in [6.45, 7) is 5.91. The van der Waals surface area contributed by atoms with Crippen LogP contribution in [0.25, 0.3) is 0 Å². The van der Waals surface area contributed by atoms with E-state index in [2.05, 4.69) is 15.3 Å². The average Bonchev–Trinajstić information content (AvgIpc) is 2.38. The third-order valence-corrected chi connectivity index (χ3v) is 3.23. The highest BCUT2D eigenvalue weighted by Gasteiger charge is 2.09. The van der Waals surface area contributed by atoms with E-state index in [1.807, 2.05) is 39.0 Å². The van der Waals surface area contributed by atoms with Crippen LogP contribution in [-0.4, -0.2) is 9.97 Å². The van der Waals surface area contributed by atoms with Gasteiger partial charge in [-0.15, -0.1) is 0 Å². The van der Waals surface area contributed by atoms with Crippen LogP contribution in [0, 0.1) is 13.8 Å². The summed E-state index contributed by atoms with van der Waals surface area (Å²) in [5, 5.41) is 3.97. The number of anilines is 3. The molecule has 0 amide bonds. The summed E-state index contributed by atoms with van der Waals surface area (Å²) in [5.74, 6) is 1.97. The maximum atomic E-state index is 6.02. The number of hydrogen-bond acceptors (Lipinski definition) is 4. The molecule has 0 fully saturated rings. The van der Waals surface area contributed by atoms with E-state index in [-0.39, 0.29) is 0 Å². The molecule has 2 aromatic rings. The van der Waals surface area contributed by atoms with Crippen LogP contribution in [0.1, 0.15) is 23.9 Å². The second kappa shape index (κ2) is 5.45. The fourth-order valence-electron chi connectivity index (χ4n) is 1.72. The third kappa shape index (κ3) is 2.96. The summed E-state index contributed by atoms with van der Waals surface area (Å²) < 4.78 is 0. The Balaban J connectivity index is 2.42. The van der Waals surface area contributed by atoms with Crippen LogP contribution < -0.4 is 11.1 Å². The Bertz CT molecular complexity index is 611. The van der Waals surface area contributed by atoms with Crippen LogP contribution in [-0.2, 0) is 6.42 Å². The summed E-state index contributed by atoms with van der Waals surface area (Å²) in [7, 11) is 0. The van der Waals surface area contributed by atoms with Gasteiger partial charge in [0.25, 0.3) is 0 Å². The Morgan fingerprint density at radius 1 is 1.26 bits per heavy atom. The summed E-state index contributed by atoms with van der Waals surface area (Å²) in [4.78, 5) is 8.71. The summed E-state index contributed by atoms with van der Waals surface area (Å²) in [5.41, 5.74) is 8.77. The lowest BCUT2D eigenvalue weighted by molar-refractivity contribution is 0.940. The zero-order valence-corrected chi connectivity index (χ0v) is 12.0. The van der Waals surface area contributed by atoms with Gasteiger partial charge in [-0.2, -0.15) is 0 Å². The van der Waals surface area contributed by atoms with Crippen molar-refractivity contribution in [2.24, 2.45) is 0 Å². The second-order valence-electron chi connectivity index (χ2n) is 4.44. The summed E-state index contributed by atoms with van der Waals surface area (Å²) >= 11 is 6.02. The number of hydrogen-bond donors (Lipinski definition) is 2. The van der Waals surface area contributed by atoms with Crippen LogP contribution >= 0.6 is 11.6 Å². The van der Waals surface area contributed by atoms with Gasteiger partial charge in [0, 0.05) is 22.7 Å². The number of rotatable bonds is 3. The average molecular weight is 277 g/mol. The number of aryl methyl sites for hydroxylation is 2. The molecule has 0 bridgehead atoms. The van der Waals surface area contributed by atoms with Crippen molar-refractivity contribution >= 4 is 28.9 Å². The Morgan fingerprint density at radius 2 is 2.00 bits per heavy atom. The zero-order valence-electron chi connectivity index (χ0n) is 11.3. The normalized spacial score (nSPS) is 10.5. The lowest BCUT2D eigenvalue weighted by Crippen LogP contribution is -2.07. The second-order valence-corrected chi connectivity index (χ2v) is 4.87. The maximum Gasteiger partial charge on any atom is 0.139 e. The molecule has 0 atom stereocenters.